The maximum Gasteiger partial charge on any atom is 0.408 e. The Morgan fingerprint density at radius 3 is 2.17 bits per heavy atom. The molecule has 1 atom stereocenters. The molecule has 1 aromatic heterocycles. The first-order valence-electron chi connectivity index (χ1n) is 15.3. The van der Waals surface area contributed by atoms with Gasteiger partial charge in [0, 0.05) is 24.0 Å². The highest BCUT2D eigenvalue weighted by Gasteiger charge is 2.49. The van der Waals surface area contributed by atoms with Crippen molar-refractivity contribution < 1.29 is 32.4 Å². The Kier molecular flexibility index (Phi) is 8.18. The molecule has 1 fully saturated rings. The average molecular weight is 671 g/mol. The zero-order valence-electron chi connectivity index (χ0n) is 25.9. The van der Waals surface area contributed by atoms with E-state index >= 15 is 8.78 Å². The fourth-order valence-electron chi connectivity index (χ4n) is 6.35. The third-order valence-electron chi connectivity index (χ3n) is 8.77. The minimum atomic E-state index is -1.52. The number of nitrogens with one attached hydrogen (secondary N) is 2. The molecule has 2 heterocycles. The lowest BCUT2D eigenvalue weighted by atomic mass is 9.92. The number of aryl methyl sites for hydroxylation is 1. The molecule has 0 radical (unpaired) electrons. The Balaban J connectivity index is 1.11. The van der Waals surface area contributed by atoms with Gasteiger partial charge in [-0.25, -0.2) is 13.6 Å². The molecule has 2 aliphatic rings. The van der Waals surface area contributed by atoms with E-state index in [2.05, 4.69) is 20.8 Å². The normalized spacial score (nSPS) is 15.2. The Morgan fingerprint density at radius 1 is 0.958 bits per heavy atom. The highest BCUT2D eigenvalue weighted by Crippen LogP contribution is 2.45. The standard InChI is InChI=1S/C36H29ClF2N4O5/c1-19(27-31(38)29(33-41-20(2)48-43-33)28(30(37)32(27)39)21-10-4-3-5-11-21)40-34(44)36(17-46-18-36)42-35(45)47-16-26-24-14-8-6-12-22(24)23-13-7-9-15-25(23)26/h3-15,19,26H,16-18H2,1-2H3,(H,40,44)(H,42,45)/t19-/m1/s1. The number of fused-ring (bicyclic) bond motifs is 3. The molecule has 0 unspecified atom stereocenters. The van der Waals surface area contributed by atoms with Crippen molar-refractivity contribution in [3.05, 3.63) is 118 Å². The predicted molar refractivity (Wildman–Crippen MR) is 173 cm³/mol. The molecule has 48 heavy (non-hydrogen) atoms. The minimum absolute atomic E-state index is 0.0375. The Morgan fingerprint density at radius 2 is 1.58 bits per heavy atom. The number of alkyl carbamates (subject to hydrolysis) is 1. The van der Waals surface area contributed by atoms with E-state index in [1.165, 1.54) is 13.8 Å². The van der Waals surface area contributed by atoms with Gasteiger partial charge in [-0.05, 0) is 34.7 Å². The highest BCUT2D eigenvalue weighted by molar-refractivity contribution is 6.34. The van der Waals surface area contributed by atoms with Crippen LogP contribution in [0.3, 0.4) is 0 Å². The predicted octanol–water partition coefficient (Wildman–Crippen LogP) is 7.13. The molecule has 2 amide bonds. The van der Waals surface area contributed by atoms with Crippen LogP contribution in [-0.2, 0) is 14.3 Å². The topological polar surface area (TPSA) is 116 Å². The lowest BCUT2D eigenvalue weighted by Gasteiger charge is -2.40. The number of carbonyl (C=O) groups is 2. The van der Waals surface area contributed by atoms with Crippen molar-refractivity contribution in [1.29, 1.82) is 0 Å². The Bertz CT molecular complexity index is 2000. The van der Waals surface area contributed by atoms with Crippen molar-refractivity contribution in [2.24, 2.45) is 0 Å². The molecule has 12 heteroatoms. The third kappa shape index (κ3) is 5.38. The van der Waals surface area contributed by atoms with Crippen LogP contribution in [0.5, 0.6) is 0 Å². The summed E-state index contributed by atoms with van der Waals surface area (Å²) in [5.74, 6) is -2.95. The van der Waals surface area contributed by atoms with Crippen molar-refractivity contribution in [3.8, 4) is 33.6 Å². The number of rotatable bonds is 8. The van der Waals surface area contributed by atoms with Crippen LogP contribution in [0.15, 0.2) is 83.4 Å². The van der Waals surface area contributed by atoms with Crippen LogP contribution in [0.2, 0.25) is 5.02 Å². The zero-order chi connectivity index (χ0) is 33.6. The van der Waals surface area contributed by atoms with Gasteiger partial charge in [-0.15, -0.1) is 0 Å². The second kappa shape index (κ2) is 12.5. The summed E-state index contributed by atoms with van der Waals surface area (Å²) in [6.07, 6.45) is -0.828. The molecule has 0 spiro atoms. The molecular weight excluding hydrogens is 642 g/mol. The van der Waals surface area contributed by atoms with Crippen LogP contribution in [-0.4, -0.2) is 47.5 Å². The van der Waals surface area contributed by atoms with E-state index in [-0.39, 0.29) is 53.6 Å². The fraction of sp³-hybridized carbons (Fsp3) is 0.222. The maximum absolute atomic E-state index is 16.4. The lowest BCUT2D eigenvalue weighted by Crippen LogP contribution is -2.70. The molecule has 1 saturated heterocycles. The molecule has 244 valence electrons. The first-order chi connectivity index (χ1) is 23.2. The number of carbonyl (C=O) groups excluding carboxylic acids is 2. The second-order valence-electron chi connectivity index (χ2n) is 11.8. The van der Waals surface area contributed by atoms with Crippen molar-refractivity contribution in [1.82, 2.24) is 20.8 Å². The van der Waals surface area contributed by atoms with Crippen LogP contribution >= 0.6 is 11.6 Å². The van der Waals surface area contributed by atoms with Crippen LogP contribution in [0.1, 0.15) is 41.5 Å². The van der Waals surface area contributed by atoms with Gasteiger partial charge < -0.3 is 24.6 Å². The SMILES string of the molecule is Cc1nc(-c2c(F)c([C@@H](C)NC(=O)C3(NC(=O)OCC4c5ccccc5-c5ccccc54)COC3)c(F)c(Cl)c2-c2ccccc2)no1. The van der Waals surface area contributed by atoms with Gasteiger partial charge in [-0.3, -0.25) is 4.79 Å². The lowest BCUT2D eigenvalue weighted by molar-refractivity contribution is -0.148. The zero-order valence-corrected chi connectivity index (χ0v) is 26.6. The molecule has 5 aromatic rings. The maximum atomic E-state index is 16.4. The van der Waals surface area contributed by atoms with Crippen molar-refractivity contribution in [2.45, 2.75) is 31.3 Å². The summed E-state index contributed by atoms with van der Waals surface area (Å²) >= 11 is 6.56. The van der Waals surface area contributed by atoms with Gasteiger partial charge in [0.25, 0.3) is 5.91 Å². The van der Waals surface area contributed by atoms with Crippen molar-refractivity contribution in [2.75, 3.05) is 19.8 Å². The number of amides is 2. The summed E-state index contributed by atoms with van der Waals surface area (Å²) in [6.45, 7) is 2.65. The van der Waals surface area contributed by atoms with E-state index in [1.807, 2.05) is 48.5 Å². The number of halogens is 3. The van der Waals surface area contributed by atoms with Gasteiger partial charge >= 0.3 is 6.09 Å². The van der Waals surface area contributed by atoms with Gasteiger partial charge in [0.05, 0.1) is 29.8 Å². The van der Waals surface area contributed by atoms with Gasteiger partial charge in [0.2, 0.25) is 11.7 Å². The smallest absolute Gasteiger partial charge is 0.408 e. The minimum Gasteiger partial charge on any atom is -0.449 e. The number of hydrogen-bond acceptors (Lipinski definition) is 7. The summed E-state index contributed by atoms with van der Waals surface area (Å²) in [6, 6.07) is 23.1. The second-order valence-corrected chi connectivity index (χ2v) is 12.2. The number of hydrogen-bond donors (Lipinski definition) is 2. The monoisotopic (exact) mass is 670 g/mol. The van der Waals surface area contributed by atoms with Crippen LogP contribution in [0, 0.1) is 18.6 Å². The van der Waals surface area contributed by atoms with Gasteiger partial charge in [-0.2, -0.15) is 4.98 Å². The van der Waals surface area contributed by atoms with Crippen LogP contribution in [0.4, 0.5) is 13.6 Å². The molecule has 4 aromatic carbocycles. The molecule has 0 bridgehead atoms. The first kappa shape index (κ1) is 31.5. The number of nitrogens with zero attached hydrogens (tertiary/aromatic N) is 2. The molecule has 0 saturated carbocycles. The summed E-state index contributed by atoms with van der Waals surface area (Å²) in [7, 11) is 0. The summed E-state index contributed by atoms with van der Waals surface area (Å²) in [4.78, 5) is 30.9. The van der Waals surface area contributed by atoms with Crippen LogP contribution < -0.4 is 10.6 Å². The fourth-order valence-corrected chi connectivity index (χ4v) is 6.65. The number of benzene rings is 4. The average Bonchev–Trinajstić information content (AvgIpc) is 3.64. The van der Waals surface area contributed by atoms with Gasteiger partial charge in [0.1, 0.15) is 12.4 Å². The van der Waals surface area contributed by atoms with E-state index in [9.17, 15) is 9.59 Å². The molecular formula is C36H29ClF2N4O5. The molecule has 9 nitrogen and oxygen atoms in total. The summed E-state index contributed by atoms with van der Waals surface area (Å²) in [5.41, 5.74) is 2.48. The molecule has 1 aliphatic heterocycles. The largest absolute Gasteiger partial charge is 0.449 e. The summed E-state index contributed by atoms with van der Waals surface area (Å²) < 4.78 is 48.4. The van der Waals surface area contributed by atoms with Gasteiger partial charge in [0.15, 0.2) is 11.4 Å². The van der Waals surface area contributed by atoms with Crippen molar-refractivity contribution >= 4 is 23.6 Å². The molecule has 2 N–H and O–H groups in total. The van der Waals surface area contributed by atoms with E-state index in [0.717, 1.165) is 22.3 Å². The third-order valence-corrected chi connectivity index (χ3v) is 9.12. The highest BCUT2D eigenvalue weighted by atomic mass is 35.5. The van der Waals surface area contributed by atoms with E-state index < -0.39 is 40.8 Å². The van der Waals surface area contributed by atoms with Crippen molar-refractivity contribution in [3.63, 3.8) is 0 Å². The molecule has 7 rings (SSSR count). The Hall–Kier alpha value is -5.13. The summed E-state index contributed by atoms with van der Waals surface area (Å²) in [5, 5.41) is 8.73. The number of ether oxygens (including phenoxy) is 2. The molecule has 1 aliphatic carbocycles. The number of aromatic nitrogens is 2. The Labute approximate surface area is 279 Å². The first-order valence-corrected chi connectivity index (χ1v) is 15.6. The van der Waals surface area contributed by atoms with Crippen LogP contribution in [0.25, 0.3) is 33.6 Å². The van der Waals surface area contributed by atoms with Gasteiger partial charge in [-0.1, -0.05) is 95.6 Å². The van der Waals surface area contributed by atoms with E-state index in [1.54, 1.807) is 30.3 Å². The van der Waals surface area contributed by atoms with E-state index in [4.69, 9.17) is 25.6 Å². The van der Waals surface area contributed by atoms with E-state index in [0.29, 0.717) is 5.56 Å². The quantitative estimate of drug-likeness (QED) is 0.169.